The Kier molecular flexibility index (Phi) is 2.92. The Hall–Kier alpha value is -1.78. The Morgan fingerprint density at radius 2 is 1.94 bits per heavy atom. The van der Waals surface area contributed by atoms with Gasteiger partial charge in [-0.1, -0.05) is 0 Å². The molecule has 0 radical (unpaired) electrons. The smallest absolute Gasteiger partial charge is 0.128 e. The van der Waals surface area contributed by atoms with Crippen LogP contribution in [0.4, 0.5) is 5.82 Å². The molecule has 2 rings (SSSR count). The molecule has 2 aromatic rings. The summed E-state index contributed by atoms with van der Waals surface area (Å²) in [5, 5.41) is 7.63. The van der Waals surface area contributed by atoms with E-state index in [0.29, 0.717) is 0 Å². The number of nitrogens with one attached hydrogen (secondary N) is 1. The average molecular weight is 233 g/mol. The van der Waals surface area contributed by atoms with Crippen LogP contribution in [-0.2, 0) is 13.6 Å². The summed E-state index contributed by atoms with van der Waals surface area (Å²) in [5.41, 5.74) is 4.56. The van der Waals surface area contributed by atoms with Crippen molar-refractivity contribution in [1.29, 1.82) is 0 Å². The molecule has 2 heterocycles. The van der Waals surface area contributed by atoms with Crippen LogP contribution in [0.15, 0.2) is 6.33 Å². The molecule has 0 spiro atoms. The fraction of sp³-hybridized carbons (Fsp3) is 0.500. The number of hydrogen-bond acceptors (Lipinski definition) is 3. The molecule has 1 N–H and O–H groups in total. The SMILES string of the molecule is CNc1c(Cn2cnc(C)c2C)c(C)nn1C. The standard InChI is InChI=1S/C12H19N5/c1-8-10(3)17(7-14-8)6-11-9(2)15-16(5)12(11)13-4/h7,13H,6H2,1-5H3. The van der Waals surface area contributed by atoms with Crippen LogP contribution in [-0.4, -0.2) is 26.4 Å². The first kappa shape index (κ1) is 11.7. The van der Waals surface area contributed by atoms with Gasteiger partial charge in [-0.15, -0.1) is 0 Å². The lowest BCUT2D eigenvalue weighted by molar-refractivity contribution is 0.760. The lowest BCUT2D eigenvalue weighted by atomic mass is 10.2. The van der Waals surface area contributed by atoms with Gasteiger partial charge in [0, 0.05) is 25.4 Å². The van der Waals surface area contributed by atoms with Crippen LogP contribution in [0.3, 0.4) is 0 Å². The molecule has 0 amide bonds. The molecule has 0 aliphatic heterocycles. The minimum Gasteiger partial charge on any atom is -0.373 e. The summed E-state index contributed by atoms with van der Waals surface area (Å²) in [6, 6.07) is 0. The molecular weight excluding hydrogens is 214 g/mol. The van der Waals surface area contributed by atoms with Gasteiger partial charge in [0.05, 0.1) is 24.3 Å². The molecule has 0 saturated carbocycles. The zero-order valence-corrected chi connectivity index (χ0v) is 11.1. The quantitative estimate of drug-likeness (QED) is 0.876. The topological polar surface area (TPSA) is 47.7 Å². The Morgan fingerprint density at radius 3 is 2.47 bits per heavy atom. The molecule has 0 saturated heterocycles. The van der Waals surface area contributed by atoms with Crippen LogP contribution in [0, 0.1) is 20.8 Å². The van der Waals surface area contributed by atoms with Gasteiger partial charge in [-0.3, -0.25) is 4.68 Å². The summed E-state index contributed by atoms with van der Waals surface area (Å²) in [6.45, 7) is 6.96. The van der Waals surface area contributed by atoms with E-state index in [1.807, 2.05) is 39.0 Å². The van der Waals surface area contributed by atoms with E-state index in [0.717, 1.165) is 23.8 Å². The molecule has 0 unspecified atom stereocenters. The largest absolute Gasteiger partial charge is 0.373 e. The fourth-order valence-electron chi connectivity index (χ4n) is 2.08. The van der Waals surface area contributed by atoms with Crippen LogP contribution >= 0.6 is 0 Å². The van der Waals surface area contributed by atoms with Gasteiger partial charge < -0.3 is 9.88 Å². The maximum absolute atomic E-state index is 4.43. The molecule has 0 aliphatic rings. The summed E-state index contributed by atoms with van der Waals surface area (Å²) < 4.78 is 4.03. The molecule has 0 bridgehead atoms. The van der Waals surface area contributed by atoms with Crippen molar-refractivity contribution >= 4 is 5.82 Å². The van der Waals surface area contributed by atoms with Crippen molar-refractivity contribution in [2.45, 2.75) is 27.3 Å². The van der Waals surface area contributed by atoms with Gasteiger partial charge >= 0.3 is 0 Å². The van der Waals surface area contributed by atoms with Crippen molar-refractivity contribution in [1.82, 2.24) is 19.3 Å². The number of anilines is 1. The first-order chi connectivity index (χ1) is 8.04. The van der Waals surface area contributed by atoms with E-state index in [1.54, 1.807) is 0 Å². The number of imidazole rings is 1. The van der Waals surface area contributed by atoms with Crippen LogP contribution in [0.1, 0.15) is 22.6 Å². The third-order valence-corrected chi connectivity index (χ3v) is 3.26. The van der Waals surface area contributed by atoms with Crippen molar-refractivity contribution in [3.05, 3.63) is 29.0 Å². The van der Waals surface area contributed by atoms with Crippen molar-refractivity contribution < 1.29 is 0 Å². The first-order valence-corrected chi connectivity index (χ1v) is 5.73. The average Bonchev–Trinajstić information content (AvgIpc) is 2.73. The molecule has 5 nitrogen and oxygen atoms in total. The van der Waals surface area contributed by atoms with E-state index >= 15 is 0 Å². The van der Waals surface area contributed by atoms with Gasteiger partial charge in [0.1, 0.15) is 5.82 Å². The minimum absolute atomic E-state index is 0.808. The zero-order valence-electron chi connectivity index (χ0n) is 11.1. The van der Waals surface area contributed by atoms with E-state index in [-0.39, 0.29) is 0 Å². The first-order valence-electron chi connectivity index (χ1n) is 5.73. The lowest BCUT2D eigenvalue weighted by Gasteiger charge is -2.08. The minimum atomic E-state index is 0.808. The van der Waals surface area contributed by atoms with E-state index in [9.17, 15) is 0 Å². The molecule has 0 fully saturated rings. The molecule has 92 valence electrons. The second-order valence-electron chi connectivity index (χ2n) is 4.33. The normalized spacial score (nSPS) is 10.9. The van der Waals surface area contributed by atoms with Crippen molar-refractivity contribution in [3.8, 4) is 0 Å². The van der Waals surface area contributed by atoms with Gasteiger partial charge in [0.2, 0.25) is 0 Å². The summed E-state index contributed by atoms with van der Waals surface area (Å²) >= 11 is 0. The van der Waals surface area contributed by atoms with Gasteiger partial charge in [-0.2, -0.15) is 5.10 Å². The van der Waals surface area contributed by atoms with Crippen molar-refractivity contribution in [2.75, 3.05) is 12.4 Å². The second kappa shape index (κ2) is 4.24. The Morgan fingerprint density at radius 1 is 1.24 bits per heavy atom. The number of nitrogens with zero attached hydrogens (tertiary/aromatic N) is 4. The van der Waals surface area contributed by atoms with Crippen LogP contribution in [0.5, 0.6) is 0 Å². The van der Waals surface area contributed by atoms with Crippen LogP contribution < -0.4 is 5.32 Å². The molecule has 0 aliphatic carbocycles. The van der Waals surface area contributed by atoms with Crippen molar-refractivity contribution in [2.24, 2.45) is 7.05 Å². The maximum Gasteiger partial charge on any atom is 0.128 e. The third-order valence-electron chi connectivity index (χ3n) is 3.26. The monoisotopic (exact) mass is 233 g/mol. The van der Waals surface area contributed by atoms with Crippen LogP contribution in [0.2, 0.25) is 0 Å². The third kappa shape index (κ3) is 1.92. The van der Waals surface area contributed by atoms with E-state index in [1.165, 1.54) is 11.3 Å². The van der Waals surface area contributed by atoms with E-state index in [4.69, 9.17) is 0 Å². The maximum atomic E-state index is 4.43. The highest BCUT2D eigenvalue weighted by atomic mass is 15.3. The highest BCUT2D eigenvalue weighted by molar-refractivity contribution is 5.47. The van der Waals surface area contributed by atoms with Gasteiger partial charge in [0.15, 0.2) is 0 Å². The van der Waals surface area contributed by atoms with E-state index < -0.39 is 0 Å². The summed E-state index contributed by atoms with van der Waals surface area (Å²) in [6.07, 6.45) is 1.89. The van der Waals surface area contributed by atoms with Gasteiger partial charge in [-0.25, -0.2) is 4.98 Å². The summed E-state index contributed by atoms with van der Waals surface area (Å²) in [5.74, 6) is 1.06. The summed E-state index contributed by atoms with van der Waals surface area (Å²) in [4.78, 5) is 4.32. The predicted molar refractivity (Wildman–Crippen MR) is 68.3 cm³/mol. The molecular formula is C12H19N5. The number of hydrogen-bond donors (Lipinski definition) is 1. The number of aryl methyl sites for hydroxylation is 3. The summed E-state index contributed by atoms with van der Waals surface area (Å²) in [7, 11) is 3.88. The van der Waals surface area contributed by atoms with Gasteiger partial charge in [0.25, 0.3) is 0 Å². The van der Waals surface area contributed by atoms with Gasteiger partial charge in [-0.05, 0) is 20.8 Å². The Bertz CT molecular complexity index is 535. The molecule has 2 aromatic heterocycles. The van der Waals surface area contributed by atoms with Crippen LogP contribution in [0.25, 0.3) is 0 Å². The lowest BCUT2D eigenvalue weighted by Crippen LogP contribution is -2.05. The fourth-order valence-corrected chi connectivity index (χ4v) is 2.08. The van der Waals surface area contributed by atoms with E-state index in [2.05, 4.69) is 26.9 Å². The Labute approximate surface area is 101 Å². The second-order valence-corrected chi connectivity index (χ2v) is 4.33. The highest BCUT2D eigenvalue weighted by Crippen LogP contribution is 2.20. The highest BCUT2D eigenvalue weighted by Gasteiger charge is 2.13. The molecule has 17 heavy (non-hydrogen) atoms. The molecule has 5 heteroatoms. The predicted octanol–water partition coefficient (Wildman–Crippen LogP) is 1.63. The van der Waals surface area contributed by atoms with Crippen molar-refractivity contribution in [3.63, 3.8) is 0 Å². The zero-order chi connectivity index (χ0) is 12.6. The number of aromatic nitrogens is 4. The number of rotatable bonds is 3. The molecule has 0 aromatic carbocycles. The molecule has 0 atom stereocenters. The Balaban J connectivity index is 2.39.